The van der Waals surface area contributed by atoms with E-state index >= 15 is 0 Å². The molecule has 34 heavy (non-hydrogen) atoms. The fourth-order valence-electron chi connectivity index (χ4n) is 4.85. The molecular formula is C26H25Cl2N3O3. The number of fused-ring (bicyclic) bond motifs is 1. The first-order chi connectivity index (χ1) is 16.2. The van der Waals surface area contributed by atoms with Crippen LogP contribution in [0.2, 0.25) is 10.0 Å². The summed E-state index contributed by atoms with van der Waals surface area (Å²) >= 11 is 13.3. The number of halogens is 2. The van der Waals surface area contributed by atoms with Gasteiger partial charge < -0.3 is 14.6 Å². The van der Waals surface area contributed by atoms with Crippen LogP contribution in [0.25, 0.3) is 10.9 Å². The lowest BCUT2D eigenvalue weighted by Gasteiger charge is -2.31. The number of carboxylic acids is 1. The Morgan fingerprint density at radius 2 is 1.85 bits per heavy atom. The van der Waals surface area contributed by atoms with Gasteiger partial charge in [-0.05, 0) is 68.0 Å². The Morgan fingerprint density at radius 3 is 2.50 bits per heavy atom. The monoisotopic (exact) mass is 497 g/mol. The summed E-state index contributed by atoms with van der Waals surface area (Å²) in [6.45, 7) is 5.36. The molecule has 1 aliphatic heterocycles. The average molecular weight is 498 g/mol. The van der Waals surface area contributed by atoms with Gasteiger partial charge in [0, 0.05) is 41.7 Å². The summed E-state index contributed by atoms with van der Waals surface area (Å²) in [5.41, 5.74) is 4.69. The Balaban J connectivity index is 1.63. The van der Waals surface area contributed by atoms with Crippen molar-refractivity contribution in [3.63, 3.8) is 0 Å². The molecule has 1 fully saturated rings. The van der Waals surface area contributed by atoms with E-state index in [1.54, 1.807) is 17.0 Å². The predicted octanol–water partition coefficient (Wildman–Crippen LogP) is 5.81. The molecule has 0 saturated carbocycles. The van der Waals surface area contributed by atoms with Crippen molar-refractivity contribution >= 4 is 46.0 Å². The topological polar surface area (TPSA) is 86.3 Å². The quantitative estimate of drug-likeness (QED) is 0.481. The van der Waals surface area contributed by atoms with Gasteiger partial charge in [0.05, 0.1) is 34.3 Å². The minimum Gasteiger partial charge on any atom is -0.481 e. The van der Waals surface area contributed by atoms with Crippen LogP contribution in [0.4, 0.5) is 0 Å². The Kier molecular flexibility index (Phi) is 6.88. The maximum absolute atomic E-state index is 13.3. The number of nitriles is 1. The molecule has 0 spiro atoms. The molecule has 1 N–H and O–H groups in total. The van der Waals surface area contributed by atoms with Crippen molar-refractivity contribution in [2.24, 2.45) is 5.92 Å². The van der Waals surface area contributed by atoms with Gasteiger partial charge in [-0.3, -0.25) is 9.59 Å². The summed E-state index contributed by atoms with van der Waals surface area (Å²) in [7, 11) is 0. The van der Waals surface area contributed by atoms with E-state index in [4.69, 9.17) is 28.3 Å². The molecule has 0 bridgehead atoms. The highest BCUT2D eigenvalue weighted by Gasteiger charge is 2.27. The number of nitrogens with zero attached hydrogens (tertiary/aromatic N) is 3. The zero-order valence-electron chi connectivity index (χ0n) is 19.1. The number of carboxylic acid groups (broad SMARTS) is 1. The van der Waals surface area contributed by atoms with Crippen molar-refractivity contribution < 1.29 is 14.7 Å². The SMILES string of the molecule is Cc1cn(Cc2c(Cl)ccc(C(=O)N3CCC(CC(=O)O)CC3)c2Cl)c2c(C)cc(C#N)cc12. The normalized spacial score (nSPS) is 14.4. The van der Waals surface area contributed by atoms with Gasteiger partial charge in [-0.15, -0.1) is 0 Å². The molecule has 3 aromatic rings. The van der Waals surface area contributed by atoms with Crippen LogP contribution >= 0.6 is 23.2 Å². The van der Waals surface area contributed by atoms with Gasteiger partial charge in [0.1, 0.15) is 0 Å². The van der Waals surface area contributed by atoms with Crippen LogP contribution < -0.4 is 0 Å². The summed E-state index contributed by atoms with van der Waals surface area (Å²) in [4.78, 5) is 26.0. The summed E-state index contributed by atoms with van der Waals surface area (Å²) in [5.74, 6) is -0.880. The first-order valence-corrected chi connectivity index (χ1v) is 11.9. The standard InChI is InChI=1S/C26H25Cl2N3O3/c1-15-9-18(12-29)10-20-16(2)13-31(25(15)20)14-21-22(27)4-3-19(24(21)28)26(34)30-7-5-17(6-8-30)11-23(32)33/h3-4,9-10,13,17H,5-8,11,14H2,1-2H3,(H,32,33). The van der Waals surface area contributed by atoms with Gasteiger partial charge in [0.15, 0.2) is 0 Å². The Morgan fingerprint density at radius 1 is 1.15 bits per heavy atom. The number of aromatic nitrogens is 1. The second-order valence-electron chi connectivity index (χ2n) is 8.96. The Hall–Kier alpha value is -3.01. The number of rotatable bonds is 5. The van der Waals surface area contributed by atoms with Crippen molar-refractivity contribution in [2.75, 3.05) is 13.1 Å². The number of likely N-dealkylation sites (tertiary alicyclic amines) is 1. The number of piperidine rings is 1. The largest absolute Gasteiger partial charge is 0.481 e. The van der Waals surface area contributed by atoms with Gasteiger partial charge >= 0.3 is 5.97 Å². The molecule has 0 radical (unpaired) electrons. The minimum absolute atomic E-state index is 0.0906. The van der Waals surface area contributed by atoms with E-state index in [1.807, 2.05) is 32.2 Å². The van der Waals surface area contributed by atoms with Crippen LogP contribution in [0.15, 0.2) is 30.5 Å². The average Bonchev–Trinajstić information content (AvgIpc) is 3.12. The molecule has 2 aromatic carbocycles. The minimum atomic E-state index is -0.804. The number of benzene rings is 2. The Labute approximate surface area is 208 Å². The lowest BCUT2D eigenvalue weighted by Crippen LogP contribution is -2.39. The number of aryl methyl sites for hydroxylation is 2. The number of carbonyl (C=O) groups is 2. The highest BCUT2D eigenvalue weighted by molar-refractivity contribution is 6.38. The van der Waals surface area contributed by atoms with Crippen LogP contribution in [-0.4, -0.2) is 39.5 Å². The highest BCUT2D eigenvalue weighted by atomic mass is 35.5. The van der Waals surface area contributed by atoms with Gasteiger partial charge in [-0.25, -0.2) is 0 Å². The van der Waals surface area contributed by atoms with Crippen molar-refractivity contribution in [3.05, 3.63) is 68.3 Å². The number of hydrogen-bond donors (Lipinski definition) is 1. The van der Waals surface area contributed by atoms with E-state index in [9.17, 15) is 14.9 Å². The summed E-state index contributed by atoms with van der Waals surface area (Å²) in [5, 5.41) is 20.1. The van der Waals surface area contributed by atoms with Crippen molar-refractivity contribution in [3.8, 4) is 6.07 Å². The van der Waals surface area contributed by atoms with Crippen LogP contribution in [0, 0.1) is 31.1 Å². The number of aliphatic carboxylic acids is 1. The van der Waals surface area contributed by atoms with E-state index < -0.39 is 5.97 Å². The molecular weight excluding hydrogens is 473 g/mol. The van der Waals surface area contributed by atoms with E-state index in [0.717, 1.165) is 22.0 Å². The smallest absolute Gasteiger partial charge is 0.303 e. The van der Waals surface area contributed by atoms with Gasteiger partial charge in [0.2, 0.25) is 0 Å². The van der Waals surface area contributed by atoms with Crippen molar-refractivity contribution in [1.29, 1.82) is 5.26 Å². The molecule has 8 heteroatoms. The third-order valence-corrected chi connectivity index (χ3v) is 7.39. The molecule has 1 aliphatic rings. The first-order valence-electron chi connectivity index (χ1n) is 11.2. The van der Waals surface area contributed by atoms with Gasteiger partial charge in [0.25, 0.3) is 5.91 Å². The van der Waals surface area contributed by atoms with E-state index in [1.165, 1.54) is 0 Å². The fourth-order valence-corrected chi connectivity index (χ4v) is 5.43. The summed E-state index contributed by atoms with van der Waals surface area (Å²) in [6, 6.07) is 9.30. The fraction of sp³-hybridized carbons (Fsp3) is 0.346. The third kappa shape index (κ3) is 4.64. The third-order valence-electron chi connectivity index (χ3n) is 6.60. The molecule has 1 saturated heterocycles. The second-order valence-corrected chi connectivity index (χ2v) is 9.75. The molecule has 0 unspecified atom stereocenters. The molecule has 6 nitrogen and oxygen atoms in total. The number of carbonyl (C=O) groups excluding carboxylic acids is 1. The first kappa shape index (κ1) is 24.1. The van der Waals surface area contributed by atoms with Gasteiger partial charge in [-0.2, -0.15) is 5.26 Å². The molecule has 2 heterocycles. The predicted molar refractivity (Wildman–Crippen MR) is 133 cm³/mol. The number of hydrogen-bond acceptors (Lipinski definition) is 3. The van der Waals surface area contributed by atoms with Crippen molar-refractivity contribution in [2.45, 2.75) is 39.7 Å². The second kappa shape index (κ2) is 9.69. The molecule has 0 aliphatic carbocycles. The lowest BCUT2D eigenvalue weighted by molar-refractivity contribution is -0.138. The van der Waals surface area contributed by atoms with E-state index in [2.05, 4.69) is 10.6 Å². The molecule has 1 amide bonds. The zero-order valence-corrected chi connectivity index (χ0v) is 20.6. The molecule has 1 aromatic heterocycles. The van der Waals surface area contributed by atoms with E-state index in [0.29, 0.717) is 59.2 Å². The van der Waals surface area contributed by atoms with Crippen LogP contribution in [0.1, 0.15) is 51.9 Å². The highest BCUT2D eigenvalue weighted by Crippen LogP contribution is 2.33. The van der Waals surface area contributed by atoms with Crippen LogP contribution in [0.5, 0.6) is 0 Å². The Bertz CT molecular complexity index is 1330. The van der Waals surface area contributed by atoms with Crippen LogP contribution in [-0.2, 0) is 11.3 Å². The maximum Gasteiger partial charge on any atom is 0.303 e. The summed E-state index contributed by atoms with van der Waals surface area (Å²) in [6.07, 6.45) is 3.46. The van der Waals surface area contributed by atoms with E-state index in [-0.39, 0.29) is 18.2 Å². The zero-order chi connectivity index (χ0) is 24.6. The van der Waals surface area contributed by atoms with Crippen molar-refractivity contribution in [1.82, 2.24) is 9.47 Å². The van der Waals surface area contributed by atoms with Crippen LogP contribution in [0.3, 0.4) is 0 Å². The molecule has 176 valence electrons. The summed E-state index contributed by atoms with van der Waals surface area (Å²) < 4.78 is 2.06. The lowest BCUT2D eigenvalue weighted by atomic mass is 9.93. The number of amides is 1. The molecule has 0 atom stereocenters. The maximum atomic E-state index is 13.3. The molecule has 4 rings (SSSR count). The van der Waals surface area contributed by atoms with Gasteiger partial charge in [-0.1, -0.05) is 23.2 Å².